The SMILES string of the molecule is CC(Nc1nccc(N(C(=O)Nc2cc(F)cc(F)c2F)c2ccc(F)cc2)n1)C(C)(C)O. The van der Waals surface area contributed by atoms with Gasteiger partial charge in [-0.05, 0) is 45.0 Å². The maximum absolute atomic E-state index is 14.1. The van der Waals surface area contributed by atoms with Gasteiger partial charge in [-0.1, -0.05) is 0 Å². The van der Waals surface area contributed by atoms with Gasteiger partial charge in [-0.25, -0.2) is 32.2 Å². The van der Waals surface area contributed by atoms with E-state index in [0.29, 0.717) is 12.1 Å². The number of benzene rings is 2. The van der Waals surface area contributed by atoms with Crippen LogP contribution in [0.4, 0.5) is 45.5 Å². The summed E-state index contributed by atoms with van der Waals surface area (Å²) in [5, 5.41) is 15.1. The van der Waals surface area contributed by atoms with Crippen molar-refractivity contribution >= 4 is 29.2 Å². The van der Waals surface area contributed by atoms with Crippen molar-refractivity contribution in [3.63, 3.8) is 0 Å². The van der Waals surface area contributed by atoms with Gasteiger partial charge in [0.15, 0.2) is 11.6 Å². The Bertz CT molecular complexity index is 1150. The Balaban J connectivity index is 2.00. The minimum Gasteiger partial charge on any atom is -0.388 e. The average molecular weight is 463 g/mol. The van der Waals surface area contributed by atoms with Crippen LogP contribution < -0.4 is 15.5 Å². The predicted octanol–water partition coefficient (Wildman–Crippen LogP) is 4.97. The van der Waals surface area contributed by atoms with E-state index in [1.165, 1.54) is 24.4 Å². The monoisotopic (exact) mass is 463 g/mol. The zero-order chi connectivity index (χ0) is 24.3. The van der Waals surface area contributed by atoms with Crippen molar-refractivity contribution in [3.05, 3.63) is 71.9 Å². The first-order valence-electron chi connectivity index (χ1n) is 9.79. The first kappa shape index (κ1) is 23.9. The van der Waals surface area contributed by atoms with Crippen LogP contribution in [0.3, 0.4) is 0 Å². The van der Waals surface area contributed by atoms with Crippen molar-refractivity contribution in [1.82, 2.24) is 9.97 Å². The Morgan fingerprint density at radius 1 is 1.06 bits per heavy atom. The summed E-state index contributed by atoms with van der Waals surface area (Å²) in [5.41, 5.74) is -1.72. The van der Waals surface area contributed by atoms with E-state index in [9.17, 15) is 27.5 Å². The molecule has 3 aromatic rings. The normalized spacial score (nSPS) is 12.2. The highest BCUT2D eigenvalue weighted by Crippen LogP contribution is 2.27. The summed E-state index contributed by atoms with van der Waals surface area (Å²) in [6.07, 6.45) is 1.33. The first-order valence-corrected chi connectivity index (χ1v) is 9.79. The Labute approximate surface area is 187 Å². The Hall–Kier alpha value is -3.73. The second-order valence-electron chi connectivity index (χ2n) is 7.75. The van der Waals surface area contributed by atoms with Gasteiger partial charge in [0.25, 0.3) is 0 Å². The van der Waals surface area contributed by atoms with Gasteiger partial charge in [0.2, 0.25) is 5.95 Å². The van der Waals surface area contributed by atoms with Crippen LogP contribution in [0, 0.1) is 23.3 Å². The van der Waals surface area contributed by atoms with Crippen molar-refractivity contribution in [1.29, 1.82) is 0 Å². The summed E-state index contributed by atoms with van der Waals surface area (Å²) in [4.78, 5) is 22.3. The van der Waals surface area contributed by atoms with Crippen molar-refractivity contribution in [3.8, 4) is 0 Å². The molecule has 33 heavy (non-hydrogen) atoms. The summed E-state index contributed by atoms with van der Waals surface area (Å²) in [5.74, 6) is -4.55. The van der Waals surface area contributed by atoms with Gasteiger partial charge in [0.05, 0.1) is 23.0 Å². The fraction of sp³-hybridized carbons (Fsp3) is 0.227. The lowest BCUT2D eigenvalue weighted by atomic mass is 10.0. The molecule has 0 radical (unpaired) electrons. The molecular weight excluding hydrogens is 442 g/mol. The van der Waals surface area contributed by atoms with E-state index < -0.39 is 46.6 Å². The van der Waals surface area contributed by atoms with Gasteiger partial charge < -0.3 is 15.7 Å². The van der Waals surface area contributed by atoms with E-state index in [4.69, 9.17) is 0 Å². The maximum Gasteiger partial charge on any atom is 0.332 e. The number of urea groups is 1. The Kier molecular flexibility index (Phi) is 6.82. The molecule has 1 heterocycles. The molecule has 0 aliphatic rings. The number of carbonyl (C=O) groups excluding carboxylic acids is 1. The molecule has 3 N–H and O–H groups in total. The van der Waals surface area contributed by atoms with Gasteiger partial charge in [-0.3, -0.25) is 0 Å². The standard InChI is InChI=1S/C22H21F4N5O2/c1-12(22(2,3)33)28-20-27-9-8-18(30-20)31(15-6-4-13(23)5-7-15)21(32)29-17-11-14(24)10-16(25)19(17)26/h4-12,33H,1-3H3,(H,29,32)(H,27,28,30). The highest BCUT2D eigenvalue weighted by atomic mass is 19.2. The van der Waals surface area contributed by atoms with Crippen molar-refractivity contribution < 1.29 is 27.5 Å². The predicted molar refractivity (Wildman–Crippen MR) is 115 cm³/mol. The molecule has 11 heteroatoms. The molecule has 1 atom stereocenters. The molecule has 0 saturated heterocycles. The second-order valence-corrected chi connectivity index (χ2v) is 7.75. The van der Waals surface area contributed by atoms with Crippen LogP contribution in [0.1, 0.15) is 20.8 Å². The number of halogens is 4. The zero-order valence-corrected chi connectivity index (χ0v) is 17.9. The molecule has 0 aliphatic heterocycles. The van der Waals surface area contributed by atoms with Crippen LogP contribution >= 0.6 is 0 Å². The van der Waals surface area contributed by atoms with Crippen molar-refractivity contribution in [2.45, 2.75) is 32.4 Å². The van der Waals surface area contributed by atoms with Gasteiger partial charge in [0.1, 0.15) is 17.5 Å². The maximum atomic E-state index is 14.1. The lowest BCUT2D eigenvalue weighted by molar-refractivity contribution is 0.0646. The van der Waals surface area contributed by atoms with Crippen molar-refractivity contribution in [2.75, 3.05) is 15.5 Å². The highest BCUT2D eigenvalue weighted by Gasteiger charge is 2.25. The molecule has 0 aliphatic carbocycles. The number of rotatable bonds is 6. The van der Waals surface area contributed by atoms with E-state index in [2.05, 4.69) is 20.6 Å². The van der Waals surface area contributed by atoms with Crippen LogP contribution in [0.15, 0.2) is 48.7 Å². The molecule has 1 unspecified atom stereocenters. The van der Waals surface area contributed by atoms with Crippen LogP contribution in [0.2, 0.25) is 0 Å². The third kappa shape index (κ3) is 5.75. The first-order chi connectivity index (χ1) is 15.5. The number of anilines is 4. The molecule has 0 bridgehead atoms. The summed E-state index contributed by atoms with van der Waals surface area (Å²) >= 11 is 0. The number of nitrogens with one attached hydrogen (secondary N) is 2. The number of carbonyl (C=O) groups is 1. The third-order valence-corrected chi connectivity index (χ3v) is 4.80. The fourth-order valence-electron chi connectivity index (χ4n) is 2.68. The minimum atomic E-state index is -1.48. The minimum absolute atomic E-state index is 0.0168. The Morgan fingerprint density at radius 3 is 2.36 bits per heavy atom. The number of aromatic nitrogens is 2. The number of hydrogen-bond donors (Lipinski definition) is 3. The summed E-state index contributed by atoms with van der Waals surface area (Å²) < 4.78 is 54.7. The zero-order valence-electron chi connectivity index (χ0n) is 17.9. The van der Waals surface area contributed by atoms with Gasteiger partial charge in [0, 0.05) is 24.4 Å². The largest absolute Gasteiger partial charge is 0.388 e. The van der Waals surface area contributed by atoms with Crippen LogP contribution in [0.25, 0.3) is 0 Å². The van der Waals surface area contributed by atoms with Crippen LogP contribution in [-0.2, 0) is 0 Å². The van der Waals surface area contributed by atoms with Crippen molar-refractivity contribution in [2.24, 2.45) is 0 Å². The topological polar surface area (TPSA) is 90.4 Å². The molecular formula is C22H21F4N5O2. The number of amides is 2. The van der Waals surface area contributed by atoms with Gasteiger partial charge >= 0.3 is 6.03 Å². The number of nitrogens with zero attached hydrogens (tertiary/aromatic N) is 3. The van der Waals surface area contributed by atoms with Gasteiger partial charge in [-0.2, -0.15) is 4.98 Å². The second kappa shape index (κ2) is 9.41. The highest BCUT2D eigenvalue weighted by molar-refractivity contribution is 6.06. The number of hydrogen-bond acceptors (Lipinski definition) is 5. The fourth-order valence-corrected chi connectivity index (χ4v) is 2.68. The van der Waals surface area contributed by atoms with E-state index in [1.54, 1.807) is 20.8 Å². The molecule has 0 saturated carbocycles. The quantitative estimate of drug-likeness (QED) is 0.355. The van der Waals surface area contributed by atoms with E-state index in [1.807, 2.05) is 0 Å². The summed E-state index contributed by atoms with van der Waals surface area (Å²) in [6, 6.07) is 5.54. The molecule has 0 fully saturated rings. The van der Waals surface area contributed by atoms with E-state index >= 15 is 0 Å². The molecule has 7 nitrogen and oxygen atoms in total. The molecule has 0 spiro atoms. The molecule has 3 rings (SSSR count). The molecule has 2 aromatic carbocycles. The number of aliphatic hydroxyl groups is 1. The Morgan fingerprint density at radius 2 is 1.73 bits per heavy atom. The lowest BCUT2D eigenvalue weighted by Crippen LogP contribution is -2.40. The third-order valence-electron chi connectivity index (χ3n) is 4.80. The van der Waals surface area contributed by atoms with Crippen LogP contribution in [0.5, 0.6) is 0 Å². The van der Waals surface area contributed by atoms with Crippen LogP contribution in [-0.4, -0.2) is 32.7 Å². The smallest absolute Gasteiger partial charge is 0.332 e. The molecule has 1 aromatic heterocycles. The molecule has 2 amide bonds. The summed E-state index contributed by atoms with van der Waals surface area (Å²) in [7, 11) is 0. The average Bonchev–Trinajstić information content (AvgIpc) is 2.73. The lowest BCUT2D eigenvalue weighted by Gasteiger charge is -2.27. The summed E-state index contributed by atoms with van der Waals surface area (Å²) in [6.45, 7) is 4.86. The van der Waals surface area contributed by atoms with E-state index in [0.717, 1.165) is 17.0 Å². The molecule has 174 valence electrons. The van der Waals surface area contributed by atoms with E-state index in [-0.39, 0.29) is 17.5 Å². The van der Waals surface area contributed by atoms with Gasteiger partial charge in [-0.15, -0.1) is 0 Å².